The lowest BCUT2D eigenvalue weighted by atomic mass is 9.84. The summed E-state index contributed by atoms with van der Waals surface area (Å²) in [6, 6.07) is 0. The van der Waals surface area contributed by atoms with Crippen molar-refractivity contribution in [1.82, 2.24) is 0 Å². The number of rotatable bonds is 4. The molecule has 1 fully saturated rings. The van der Waals surface area contributed by atoms with Gasteiger partial charge in [0.2, 0.25) is 0 Å². The Morgan fingerprint density at radius 1 is 1.56 bits per heavy atom. The SMILES string of the molecule is CC(F)C(CC(=O)O)C1CCCS(=O)(=O)C1. The molecule has 3 atom stereocenters. The van der Waals surface area contributed by atoms with Crippen LogP contribution in [0.5, 0.6) is 0 Å². The van der Waals surface area contributed by atoms with E-state index in [4.69, 9.17) is 5.11 Å². The quantitative estimate of drug-likeness (QED) is 0.817. The maximum absolute atomic E-state index is 13.3. The van der Waals surface area contributed by atoms with Gasteiger partial charge in [0, 0.05) is 5.92 Å². The lowest BCUT2D eigenvalue weighted by Gasteiger charge is -2.30. The van der Waals surface area contributed by atoms with E-state index in [9.17, 15) is 17.6 Å². The molecular weight excluding hydrogens is 235 g/mol. The fourth-order valence-corrected chi connectivity index (χ4v) is 4.14. The van der Waals surface area contributed by atoms with Crippen LogP contribution in [0.2, 0.25) is 0 Å². The van der Waals surface area contributed by atoms with Crippen molar-refractivity contribution in [2.75, 3.05) is 11.5 Å². The van der Waals surface area contributed by atoms with E-state index in [0.29, 0.717) is 12.8 Å². The zero-order valence-electron chi connectivity index (χ0n) is 9.23. The third-order valence-corrected chi connectivity index (χ3v) is 4.95. The van der Waals surface area contributed by atoms with Crippen molar-refractivity contribution in [2.24, 2.45) is 11.8 Å². The summed E-state index contributed by atoms with van der Waals surface area (Å²) in [6.07, 6.45) is -0.464. The van der Waals surface area contributed by atoms with Gasteiger partial charge in [0.15, 0.2) is 9.84 Å². The largest absolute Gasteiger partial charge is 0.481 e. The number of hydrogen-bond acceptors (Lipinski definition) is 3. The number of aliphatic carboxylic acids is 1. The first kappa shape index (κ1) is 13.4. The van der Waals surface area contributed by atoms with Gasteiger partial charge >= 0.3 is 5.97 Å². The Bertz CT molecular complexity index is 350. The van der Waals surface area contributed by atoms with Crippen LogP contribution in [0.3, 0.4) is 0 Å². The normalized spacial score (nSPS) is 28.2. The van der Waals surface area contributed by atoms with E-state index in [1.807, 2.05) is 0 Å². The first-order chi connectivity index (χ1) is 7.32. The maximum Gasteiger partial charge on any atom is 0.303 e. The molecule has 16 heavy (non-hydrogen) atoms. The van der Waals surface area contributed by atoms with E-state index in [-0.39, 0.29) is 23.8 Å². The Kier molecular flexibility index (Phi) is 4.29. The molecular formula is C10H17FO4S. The zero-order valence-corrected chi connectivity index (χ0v) is 10.0. The van der Waals surface area contributed by atoms with Crippen LogP contribution in [-0.4, -0.2) is 37.2 Å². The van der Waals surface area contributed by atoms with Gasteiger partial charge in [-0.3, -0.25) is 4.79 Å². The predicted octanol–water partition coefficient (Wildman–Crippen LogP) is 1.26. The molecule has 1 aliphatic rings. The van der Waals surface area contributed by atoms with Crippen LogP contribution in [0, 0.1) is 11.8 Å². The molecule has 1 rings (SSSR count). The van der Waals surface area contributed by atoms with E-state index < -0.39 is 27.9 Å². The first-order valence-electron chi connectivity index (χ1n) is 5.38. The summed E-state index contributed by atoms with van der Waals surface area (Å²) in [5.41, 5.74) is 0. The molecule has 0 bridgehead atoms. The van der Waals surface area contributed by atoms with Crippen molar-refractivity contribution >= 4 is 15.8 Å². The minimum absolute atomic E-state index is 0.0702. The van der Waals surface area contributed by atoms with E-state index in [1.54, 1.807) is 0 Å². The summed E-state index contributed by atoms with van der Waals surface area (Å²) in [6.45, 7) is 1.30. The van der Waals surface area contributed by atoms with E-state index in [1.165, 1.54) is 6.92 Å². The molecule has 0 aromatic carbocycles. The van der Waals surface area contributed by atoms with Gasteiger partial charge in [-0.1, -0.05) is 0 Å². The fourth-order valence-electron chi connectivity index (χ4n) is 2.30. The van der Waals surface area contributed by atoms with Gasteiger partial charge < -0.3 is 5.11 Å². The monoisotopic (exact) mass is 252 g/mol. The minimum atomic E-state index is -3.11. The topological polar surface area (TPSA) is 71.4 Å². The average Bonchev–Trinajstić information content (AvgIpc) is 2.11. The third-order valence-electron chi connectivity index (χ3n) is 3.10. The summed E-state index contributed by atoms with van der Waals surface area (Å²) in [5.74, 6) is -2.04. The van der Waals surface area contributed by atoms with Crippen molar-refractivity contribution in [3.8, 4) is 0 Å². The molecule has 1 N–H and O–H groups in total. The van der Waals surface area contributed by atoms with Gasteiger partial charge in [0.05, 0.1) is 17.9 Å². The van der Waals surface area contributed by atoms with Crippen LogP contribution in [0.1, 0.15) is 26.2 Å². The first-order valence-corrected chi connectivity index (χ1v) is 7.20. The van der Waals surface area contributed by atoms with Crippen LogP contribution in [-0.2, 0) is 14.6 Å². The number of carboxylic acid groups (broad SMARTS) is 1. The molecule has 1 heterocycles. The van der Waals surface area contributed by atoms with Crippen LogP contribution < -0.4 is 0 Å². The highest BCUT2D eigenvalue weighted by atomic mass is 32.2. The van der Waals surface area contributed by atoms with Crippen LogP contribution in [0.25, 0.3) is 0 Å². The average molecular weight is 252 g/mol. The lowest BCUT2D eigenvalue weighted by molar-refractivity contribution is -0.139. The molecule has 6 heteroatoms. The molecule has 3 unspecified atom stereocenters. The number of sulfone groups is 1. The van der Waals surface area contributed by atoms with Crippen LogP contribution in [0.4, 0.5) is 4.39 Å². The highest BCUT2D eigenvalue weighted by Gasteiger charge is 2.34. The summed E-state index contributed by atoms with van der Waals surface area (Å²) < 4.78 is 36.1. The van der Waals surface area contributed by atoms with Crippen LogP contribution in [0.15, 0.2) is 0 Å². The lowest BCUT2D eigenvalue weighted by Crippen LogP contribution is -2.35. The van der Waals surface area contributed by atoms with E-state index in [2.05, 4.69) is 0 Å². The number of hydrogen-bond donors (Lipinski definition) is 1. The number of carbonyl (C=O) groups is 1. The number of halogens is 1. The summed E-state index contributed by atoms with van der Waals surface area (Å²) in [5, 5.41) is 8.68. The molecule has 0 aliphatic carbocycles. The van der Waals surface area contributed by atoms with E-state index in [0.717, 1.165) is 0 Å². The van der Waals surface area contributed by atoms with Gasteiger partial charge in [0.1, 0.15) is 6.17 Å². The molecule has 0 saturated carbocycles. The van der Waals surface area contributed by atoms with Gasteiger partial charge in [-0.2, -0.15) is 0 Å². The van der Waals surface area contributed by atoms with Gasteiger partial charge in [-0.05, 0) is 25.7 Å². The summed E-state index contributed by atoms with van der Waals surface area (Å²) >= 11 is 0. The smallest absolute Gasteiger partial charge is 0.303 e. The zero-order chi connectivity index (χ0) is 12.3. The Morgan fingerprint density at radius 2 is 2.19 bits per heavy atom. The maximum atomic E-state index is 13.3. The molecule has 0 aromatic rings. The predicted molar refractivity (Wildman–Crippen MR) is 57.7 cm³/mol. The molecule has 0 amide bonds. The van der Waals surface area contributed by atoms with Crippen molar-refractivity contribution in [1.29, 1.82) is 0 Å². The number of carboxylic acids is 1. The Balaban J connectivity index is 2.74. The van der Waals surface area contributed by atoms with Crippen molar-refractivity contribution in [2.45, 2.75) is 32.4 Å². The van der Waals surface area contributed by atoms with E-state index >= 15 is 0 Å². The fraction of sp³-hybridized carbons (Fsp3) is 0.900. The Morgan fingerprint density at radius 3 is 2.62 bits per heavy atom. The number of alkyl halides is 1. The Labute approximate surface area is 94.8 Å². The van der Waals surface area contributed by atoms with Crippen molar-refractivity contribution < 1.29 is 22.7 Å². The second-order valence-electron chi connectivity index (χ2n) is 4.46. The van der Waals surface area contributed by atoms with Crippen molar-refractivity contribution in [3.05, 3.63) is 0 Å². The Hall–Kier alpha value is -0.650. The van der Waals surface area contributed by atoms with Crippen LogP contribution >= 0.6 is 0 Å². The van der Waals surface area contributed by atoms with Gasteiger partial charge in [-0.15, -0.1) is 0 Å². The highest BCUT2D eigenvalue weighted by molar-refractivity contribution is 7.91. The second kappa shape index (κ2) is 5.12. The summed E-state index contributed by atoms with van der Waals surface area (Å²) in [7, 11) is -3.11. The summed E-state index contributed by atoms with van der Waals surface area (Å²) in [4.78, 5) is 10.6. The molecule has 0 radical (unpaired) electrons. The van der Waals surface area contributed by atoms with Gasteiger partial charge in [-0.25, -0.2) is 12.8 Å². The minimum Gasteiger partial charge on any atom is -0.481 e. The van der Waals surface area contributed by atoms with Crippen molar-refractivity contribution in [3.63, 3.8) is 0 Å². The highest BCUT2D eigenvalue weighted by Crippen LogP contribution is 2.31. The molecule has 1 aliphatic heterocycles. The van der Waals surface area contributed by atoms with Gasteiger partial charge in [0.25, 0.3) is 0 Å². The third kappa shape index (κ3) is 3.73. The standard InChI is InChI=1S/C10H17FO4S/c1-7(11)9(5-10(12)13)8-3-2-4-16(14,15)6-8/h7-9H,2-6H2,1H3,(H,12,13). The second-order valence-corrected chi connectivity index (χ2v) is 6.68. The molecule has 1 saturated heterocycles. The molecule has 0 aromatic heterocycles. The molecule has 94 valence electrons. The molecule has 4 nitrogen and oxygen atoms in total. The molecule has 0 spiro atoms.